The number of nitrogens with zero attached hydrogens (tertiary/aromatic N) is 6. The second kappa shape index (κ2) is 32.5. The fourth-order valence-corrected chi connectivity index (χ4v) is 18.7. The van der Waals surface area contributed by atoms with Crippen molar-refractivity contribution in [3.05, 3.63) is 138 Å². The van der Waals surface area contributed by atoms with Crippen molar-refractivity contribution in [2.75, 3.05) is 23.7 Å². The van der Waals surface area contributed by atoms with Gasteiger partial charge in [-0.3, -0.25) is 42.8 Å². The van der Waals surface area contributed by atoms with Gasteiger partial charge in [0.25, 0.3) is 17.8 Å². The molecule has 8 aliphatic rings. The van der Waals surface area contributed by atoms with Gasteiger partial charge in [-0.1, -0.05) is 138 Å². The van der Waals surface area contributed by atoms with Gasteiger partial charge in [0.05, 0.1) is 44.2 Å². The molecule has 24 nitrogen and oxygen atoms in total. The molecule has 6 aromatic rings. The van der Waals surface area contributed by atoms with E-state index in [0.29, 0.717) is 61.8 Å². The molecule has 0 bridgehead atoms. The fraction of sp³-hybridized carbons (Fsp3) is 0.561. The summed E-state index contributed by atoms with van der Waals surface area (Å²) >= 11 is 6.19. The number of carbonyl (C=O) groups excluding carboxylic acids is 6. The molecule has 27 heteroatoms. The third-order valence-corrected chi connectivity index (χ3v) is 27.8. The number of rotatable bonds is 16. The number of hydrogen-bond acceptors (Lipinski definition) is 16. The number of fused-ring (bicyclic) bond motifs is 6. The highest BCUT2D eigenvalue weighted by molar-refractivity contribution is 7.92. The normalized spacial score (nSPS) is 27.4. The fourth-order valence-electron chi connectivity index (χ4n) is 15.7. The van der Waals surface area contributed by atoms with Crippen LogP contribution in [0, 0.1) is 11.8 Å². The number of para-hydroxylation sites is 4. The number of amides is 6. The first kappa shape index (κ1) is 80.2. The van der Waals surface area contributed by atoms with Crippen LogP contribution in [-0.4, -0.2) is 156 Å². The SMILES string of the molecule is CC(C)c1cccc2c1nc(Cl)n2C(C)C.CC(C)c1cccc2c1nc(O[C@@H]1C[C@H]3C(=O)N[C@]4(C(=O)NS(=O)(=O)C5(C)CC5)C[C@H]4/C=C\CCCCC[C@H](Nc4ccccc4)C(=O)N3C1)n2C(C)C.CC1(S(=O)(=O)NC(=O)[C@@]23C[C@H]2/C=C\CCCCC[C@H](Nc2ccccc2)C(=O)N2C[C@H](O)C[C@H]2C(=O)N3)CC1. The molecule has 588 valence electrons. The minimum atomic E-state index is -3.94. The highest BCUT2D eigenvalue weighted by Gasteiger charge is 2.65. The second-order valence-corrected chi connectivity index (χ2v) is 37.6. The van der Waals surface area contributed by atoms with Crippen molar-refractivity contribution in [2.24, 2.45) is 11.8 Å². The van der Waals surface area contributed by atoms with E-state index in [1.807, 2.05) is 97.1 Å². The predicted molar refractivity (Wildman–Crippen MR) is 424 cm³/mol. The Morgan fingerprint density at radius 2 is 0.991 bits per heavy atom. The first-order valence-corrected chi connectivity index (χ1v) is 42.5. The van der Waals surface area contributed by atoms with Crippen LogP contribution in [-0.2, 0) is 48.8 Å². The van der Waals surface area contributed by atoms with Crippen LogP contribution in [0.4, 0.5) is 11.4 Å². The average Bonchev–Trinajstić information content (AvgIpc) is 1.57. The summed E-state index contributed by atoms with van der Waals surface area (Å²) in [6.07, 6.45) is 16.9. The van der Waals surface area contributed by atoms with Gasteiger partial charge in [0.1, 0.15) is 41.3 Å². The van der Waals surface area contributed by atoms with Gasteiger partial charge in [0, 0.05) is 54.7 Å². The van der Waals surface area contributed by atoms with Gasteiger partial charge in [0.2, 0.25) is 49.0 Å². The summed E-state index contributed by atoms with van der Waals surface area (Å²) in [6.45, 7) is 20.4. The van der Waals surface area contributed by atoms with Gasteiger partial charge < -0.3 is 45.5 Å². The third-order valence-electron chi connectivity index (χ3n) is 23.2. The molecule has 4 saturated carbocycles. The van der Waals surface area contributed by atoms with E-state index in [9.17, 15) is 50.7 Å². The highest BCUT2D eigenvalue weighted by Crippen LogP contribution is 2.50. The summed E-state index contributed by atoms with van der Waals surface area (Å²) < 4.78 is 65.4. The van der Waals surface area contributed by atoms with Crippen LogP contribution in [0.1, 0.15) is 220 Å². The van der Waals surface area contributed by atoms with Crippen LogP contribution < -0.4 is 35.4 Å². The zero-order chi connectivity index (χ0) is 78.1. The first-order chi connectivity index (χ1) is 51.8. The summed E-state index contributed by atoms with van der Waals surface area (Å²) in [4.78, 5) is 96.4. The zero-order valence-corrected chi connectivity index (χ0v) is 66.8. The summed E-state index contributed by atoms with van der Waals surface area (Å²) in [5, 5.41) is 23.6. The van der Waals surface area contributed by atoms with E-state index < -0.39 is 101 Å². The van der Waals surface area contributed by atoms with Crippen molar-refractivity contribution in [2.45, 2.75) is 266 Å². The van der Waals surface area contributed by atoms with Crippen LogP contribution >= 0.6 is 11.6 Å². The lowest BCUT2D eigenvalue weighted by Gasteiger charge is -2.30. The van der Waals surface area contributed by atoms with Gasteiger partial charge in [-0.2, -0.15) is 4.98 Å². The molecule has 109 heavy (non-hydrogen) atoms. The number of aromatic nitrogens is 4. The number of halogens is 1. The first-order valence-electron chi connectivity index (χ1n) is 39.2. The highest BCUT2D eigenvalue weighted by atomic mass is 35.5. The van der Waals surface area contributed by atoms with Crippen LogP contribution in [0.2, 0.25) is 5.28 Å². The molecule has 6 amide bonds. The molecule has 4 aliphatic carbocycles. The number of benzene rings is 4. The third kappa shape index (κ3) is 17.4. The molecule has 6 fully saturated rings. The van der Waals surface area contributed by atoms with Crippen molar-refractivity contribution in [1.82, 2.24) is 49.0 Å². The quantitative estimate of drug-likeness (QED) is 0.0443. The summed E-state index contributed by atoms with van der Waals surface area (Å²) in [5.41, 5.74) is 5.10. The van der Waals surface area contributed by atoms with Crippen LogP contribution in [0.15, 0.2) is 121 Å². The van der Waals surface area contributed by atoms with Crippen LogP contribution in [0.25, 0.3) is 22.1 Å². The van der Waals surface area contributed by atoms with Gasteiger partial charge in [-0.05, 0) is 190 Å². The zero-order valence-electron chi connectivity index (χ0n) is 64.4. The molecule has 6 heterocycles. The average molecular weight is 1550 g/mol. The maximum Gasteiger partial charge on any atom is 0.297 e. The lowest BCUT2D eigenvalue weighted by atomic mass is 10.0. The molecule has 4 aromatic carbocycles. The summed E-state index contributed by atoms with van der Waals surface area (Å²) in [5.74, 6) is -3.08. The maximum absolute atomic E-state index is 14.7. The minimum absolute atomic E-state index is 0.0130. The molecule has 2 aromatic heterocycles. The molecule has 2 saturated heterocycles. The topological polar surface area (TPSA) is 314 Å². The molecular weight excluding hydrogens is 1440 g/mol. The van der Waals surface area contributed by atoms with Crippen molar-refractivity contribution < 1.29 is 55.4 Å². The lowest BCUT2D eigenvalue weighted by Crippen LogP contribution is -2.58. The van der Waals surface area contributed by atoms with Crippen LogP contribution in [0.5, 0.6) is 6.01 Å². The Labute approximate surface area is 646 Å². The van der Waals surface area contributed by atoms with Gasteiger partial charge in [0.15, 0.2) is 0 Å². The van der Waals surface area contributed by atoms with Gasteiger partial charge in [-0.15, -0.1) is 0 Å². The molecular formula is C82H109ClN12O12S2. The molecule has 0 unspecified atom stereocenters. The number of hydrogen-bond donors (Lipinski definition) is 7. The number of ether oxygens (including phenoxy) is 1. The van der Waals surface area contributed by atoms with E-state index in [4.69, 9.17) is 21.3 Å². The van der Waals surface area contributed by atoms with E-state index in [0.717, 1.165) is 90.4 Å². The Morgan fingerprint density at radius 3 is 1.43 bits per heavy atom. The minimum Gasteiger partial charge on any atom is -0.459 e. The number of aliphatic hydroxyl groups is 1. The second-order valence-electron chi connectivity index (χ2n) is 32.9. The van der Waals surface area contributed by atoms with Crippen molar-refractivity contribution >= 4 is 101 Å². The Bertz CT molecular complexity index is 4650. The van der Waals surface area contributed by atoms with Crippen molar-refractivity contribution in [1.29, 1.82) is 0 Å². The van der Waals surface area contributed by atoms with E-state index in [1.165, 1.54) is 10.5 Å². The number of imidazole rings is 2. The summed E-state index contributed by atoms with van der Waals surface area (Å²) in [6, 6.07) is 29.1. The molecule has 0 radical (unpaired) electrons. The lowest BCUT2D eigenvalue weighted by molar-refractivity contribution is -0.140. The number of allylic oxidation sites excluding steroid dienone is 2. The number of nitrogens with one attached hydrogen (secondary N) is 6. The predicted octanol–water partition coefficient (Wildman–Crippen LogP) is 12.2. The maximum atomic E-state index is 14.7. The molecule has 0 spiro atoms. The van der Waals surface area contributed by atoms with Crippen LogP contribution in [0.3, 0.4) is 0 Å². The largest absolute Gasteiger partial charge is 0.459 e. The van der Waals surface area contributed by atoms with Crippen molar-refractivity contribution in [3.8, 4) is 6.01 Å². The van der Waals surface area contributed by atoms with E-state index >= 15 is 0 Å². The number of aliphatic hydroxyl groups excluding tert-OH is 1. The number of sulfonamides is 2. The molecule has 4 aliphatic heterocycles. The Balaban J connectivity index is 0.000000174. The Hall–Kier alpha value is -8.33. The van der Waals surface area contributed by atoms with E-state index in [-0.39, 0.29) is 74.4 Å². The number of anilines is 2. The summed E-state index contributed by atoms with van der Waals surface area (Å²) in [7, 11) is -7.83. The smallest absolute Gasteiger partial charge is 0.297 e. The molecule has 10 atom stereocenters. The number of carbonyl (C=O) groups is 6. The van der Waals surface area contributed by atoms with E-state index in [2.05, 4.69) is 124 Å². The van der Waals surface area contributed by atoms with Gasteiger partial charge >= 0.3 is 0 Å². The van der Waals surface area contributed by atoms with Gasteiger partial charge in [-0.25, -0.2) is 21.8 Å². The molecule has 7 N–H and O–H groups in total. The van der Waals surface area contributed by atoms with E-state index in [1.54, 1.807) is 18.7 Å². The monoisotopic (exact) mass is 1550 g/mol. The Kier molecular flexibility index (Phi) is 23.9. The standard InChI is InChI=1S/C41H54N6O6S.C28H38N4O6S.C13H17ClN2/c1-26(2)31-18-14-20-33-35(31)43-39(47(33)27(3)4)53-30-23-34-36(48)44-41(38(50)45-54(51,52)40(5)21-22-40)24-28(41)15-10-7-6-8-13-19-32(37(49)46(34)25-30)42-29-16-11-9-12-17-29;1-27(14-15-27)39(37,38)31-26(36)28-17-19(28)10-6-3-2-4-9-13-22(29-20-11-7-5-8-12-20)25(35)32-18-21(33)16-23(32)24(34)30-28;1-8(2)10-6-5-7-11-12(10)15-13(14)16(11)9(3)4/h9-12,14-18,20,26-28,30,32,34,42H,6-8,13,19,21-25H2,1-5H3,(H,44,48)(H,45,50);5-8,10-12,19,21-23,29,33H,2-4,9,13-18H2,1H3,(H,30,34)(H,31,36);5-9H,1-4H3/b15-10-;10-6-;/t28-,30-,32+,34+,41-;19-,21-,22+,23+,28-;/m11./s1. The Morgan fingerprint density at radius 1 is 0.560 bits per heavy atom. The molecule has 14 rings (SSSR count). The van der Waals surface area contributed by atoms with Crippen molar-refractivity contribution in [3.63, 3.8) is 0 Å².